The van der Waals surface area contributed by atoms with Crippen LogP contribution in [0.3, 0.4) is 0 Å². The van der Waals surface area contributed by atoms with Crippen LogP contribution in [0.15, 0.2) is 16.6 Å². The van der Waals surface area contributed by atoms with E-state index >= 15 is 0 Å². The smallest absolute Gasteiger partial charge is 0.324 e. The lowest BCUT2D eigenvalue weighted by Gasteiger charge is -2.19. The van der Waals surface area contributed by atoms with Gasteiger partial charge in [0.15, 0.2) is 0 Å². The Morgan fingerprint density at radius 1 is 1.24 bits per heavy atom. The van der Waals surface area contributed by atoms with Crippen molar-refractivity contribution in [3.05, 3.63) is 27.7 Å². The monoisotopic (exact) mass is 313 g/mol. The van der Waals surface area contributed by atoms with Gasteiger partial charge in [-0.05, 0) is 37.1 Å². The Bertz CT molecular complexity index is 383. The van der Waals surface area contributed by atoms with E-state index in [1.165, 1.54) is 0 Å². The van der Waals surface area contributed by atoms with E-state index < -0.39 is 18.9 Å². The molecule has 1 N–H and O–H groups in total. The van der Waals surface area contributed by atoms with Crippen molar-refractivity contribution in [2.45, 2.75) is 26.2 Å². The zero-order chi connectivity index (χ0) is 13.2. The highest BCUT2D eigenvalue weighted by Gasteiger charge is 2.40. The van der Waals surface area contributed by atoms with Crippen LogP contribution in [0.25, 0.3) is 0 Å². The molecule has 17 heavy (non-hydrogen) atoms. The van der Waals surface area contributed by atoms with E-state index in [-0.39, 0.29) is 0 Å². The lowest BCUT2D eigenvalue weighted by molar-refractivity contribution is -0.117. The Balaban J connectivity index is 2.83. The van der Waals surface area contributed by atoms with Crippen LogP contribution < -0.4 is 5.32 Å². The number of aryl methyl sites for hydroxylation is 2. The average molecular weight is 314 g/mol. The molecule has 0 aliphatic carbocycles. The number of halogens is 5. The van der Waals surface area contributed by atoms with Crippen LogP contribution >= 0.6 is 15.9 Å². The first kappa shape index (κ1) is 14.3. The van der Waals surface area contributed by atoms with Crippen molar-refractivity contribution in [1.82, 2.24) is 0 Å². The third-order valence-electron chi connectivity index (χ3n) is 2.32. The van der Waals surface area contributed by atoms with Gasteiger partial charge in [-0.2, -0.15) is 8.78 Å². The predicted octanol–water partition coefficient (Wildman–Crippen LogP) is 4.38. The quantitative estimate of drug-likeness (QED) is 0.813. The summed E-state index contributed by atoms with van der Waals surface area (Å²) in [6.45, 7) is 2.37. The standard InChI is InChI=1S/C11H12BrF4N/c1-6-3-8(12)4-7(2)9(6)17-5-11(15,16)10(13)14/h3-4,10,17H,5H2,1-2H3. The summed E-state index contributed by atoms with van der Waals surface area (Å²) >= 11 is 3.27. The van der Waals surface area contributed by atoms with Crippen LogP contribution in [-0.4, -0.2) is 18.9 Å². The highest BCUT2D eigenvalue weighted by atomic mass is 79.9. The number of alkyl halides is 4. The molecule has 1 rings (SSSR count). The van der Waals surface area contributed by atoms with Gasteiger partial charge in [0, 0.05) is 10.2 Å². The molecule has 1 aromatic carbocycles. The van der Waals surface area contributed by atoms with Crippen LogP contribution in [0.2, 0.25) is 0 Å². The van der Waals surface area contributed by atoms with Gasteiger partial charge >= 0.3 is 12.3 Å². The maximum Gasteiger partial charge on any atom is 0.324 e. The van der Waals surface area contributed by atoms with Gasteiger partial charge in [-0.1, -0.05) is 15.9 Å². The fourth-order valence-corrected chi connectivity index (χ4v) is 2.16. The Hall–Kier alpha value is -0.780. The van der Waals surface area contributed by atoms with E-state index in [1.54, 1.807) is 26.0 Å². The maximum atomic E-state index is 12.8. The summed E-state index contributed by atoms with van der Waals surface area (Å²) in [4.78, 5) is 0. The largest absolute Gasteiger partial charge is 0.378 e. The van der Waals surface area contributed by atoms with Gasteiger partial charge in [0.2, 0.25) is 0 Å². The number of benzene rings is 1. The molecule has 0 unspecified atom stereocenters. The van der Waals surface area contributed by atoms with E-state index in [0.29, 0.717) is 5.69 Å². The van der Waals surface area contributed by atoms with Crippen LogP contribution in [0.4, 0.5) is 23.2 Å². The summed E-state index contributed by atoms with van der Waals surface area (Å²) in [5.74, 6) is -4.02. The normalized spacial score (nSPS) is 12.0. The van der Waals surface area contributed by atoms with Crippen LogP contribution in [-0.2, 0) is 0 Å². The molecular formula is C11H12BrF4N. The minimum Gasteiger partial charge on any atom is -0.378 e. The van der Waals surface area contributed by atoms with Gasteiger partial charge in [-0.25, -0.2) is 8.78 Å². The molecule has 0 radical (unpaired) electrons. The molecule has 0 aromatic heterocycles. The van der Waals surface area contributed by atoms with Crippen LogP contribution in [0.1, 0.15) is 11.1 Å². The Labute approximate surface area is 105 Å². The van der Waals surface area contributed by atoms with Gasteiger partial charge in [-0.3, -0.25) is 0 Å². The SMILES string of the molecule is Cc1cc(Br)cc(C)c1NCC(F)(F)C(F)F. The summed E-state index contributed by atoms with van der Waals surface area (Å²) in [6, 6.07) is 3.46. The average Bonchev–Trinajstić information content (AvgIpc) is 2.15. The number of hydrogen-bond donors (Lipinski definition) is 1. The van der Waals surface area contributed by atoms with Gasteiger partial charge in [0.05, 0.1) is 6.54 Å². The van der Waals surface area contributed by atoms with Crippen molar-refractivity contribution >= 4 is 21.6 Å². The number of anilines is 1. The molecule has 1 nitrogen and oxygen atoms in total. The summed E-state index contributed by atoms with van der Waals surface area (Å²) in [5.41, 5.74) is 1.91. The van der Waals surface area contributed by atoms with E-state index in [0.717, 1.165) is 15.6 Å². The number of rotatable bonds is 4. The second kappa shape index (κ2) is 5.25. The molecule has 0 spiro atoms. The lowest BCUT2D eigenvalue weighted by atomic mass is 10.1. The zero-order valence-electron chi connectivity index (χ0n) is 9.33. The third-order valence-corrected chi connectivity index (χ3v) is 2.78. The van der Waals surface area contributed by atoms with E-state index in [4.69, 9.17) is 0 Å². The summed E-state index contributed by atoms with van der Waals surface area (Å²) < 4.78 is 50.3. The van der Waals surface area contributed by atoms with Crippen LogP contribution in [0.5, 0.6) is 0 Å². The van der Waals surface area contributed by atoms with E-state index in [1.807, 2.05) is 0 Å². The highest BCUT2D eigenvalue weighted by molar-refractivity contribution is 9.10. The molecule has 0 saturated carbocycles. The van der Waals surface area contributed by atoms with Crippen molar-refractivity contribution in [1.29, 1.82) is 0 Å². The first-order valence-electron chi connectivity index (χ1n) is 4.90. The molecule has 0 atom stereocenters. The predicted molar refractivity (Wildman–Crippen MR) is 63.1 cm³/mol. The van der Waals surface area contributed by atoms with Gasteiger partial charge in [0.1, 0.15) is 0 Å². The van der Waals surface area contributed by atoms with Crippen molar-refractivity contribution in [3.63, 3.8) is 0 Å². The first-order valence-corrected chi connectivity index (χ1v) is 5.70. The van der Waals surface area contributed by atoms with Gasteiger partial charge in [-0.15, -0.1) is 0 Å². The lowest BCUT2D eigenvalue weighted by Crippen LogP contribution is -2.35. The van der Waals surface area contributed by atoms with Crippen molar-refractivity contribution in [3.8, 4) is 0 Å². The van der Waals surface area contributed by atoms with Gasteiger partial charge < -0.3 is 5.32 Å². The van der Waals surface area contributed by atoms with E-state index in [9.17, 15) is 17.6 Å². The molecule has 6 heteroatoms. The molecule has 96 valence electrons. The Morgan fingerprint density at radius 3 is 2.12 bits per heavy atom. The molecule has 0 aliphatic rings. The summed E-state index contributed by atoms with van der Waals surface area (Å²) in [7, 11) is 0. The summed E-state index contributed by atoms with van der Waals surface area (Å²) in [5, 5.41) is 2.38. The topological polar surface area (TPSA) is 12.0 Å². The van der Waals surface area contributed by atoms with Crippen molar-refractivity contribution in [2.75, 3.05) is 11.9 Å². The molecule has 0 saturated heterocycles. The fraction of sp³-hybridized carbons (Fsp3) is 0.455. The molecule has 0 fully saturated rings. The molecule has 0 amide bonds. The highest BCUT2D eigenvalue weighted by Crippen LogP contribution is 2.28. The number of hydrogen-bond acceptors (Lipinski definition) is 1. The van der Waals surface area contributed by atoms with Crippen molar-refractivity contribution in [2.24, 2.45) is 0 Å². The fourth-order valence-electron chi connectivity index (χ4n) is 1.47. The second-order valence-corrected chi connectivity index (χ2v) is 4.75. The molecule has 0 bridgehead atoms. The zero-order valence-corrected chi connectivity index (χ0v) is 10.9. The first-order chi connectivity index (χ1) is 7.74. The number of nitrogens with one attached hydrogen (secondary N) is 1. The third kappa shape index (κ3) is 3.59. The Kier molecular flexibility index (Phi) is 4.41. The molecular weight excluding hydrogens is 302 g/mol. The van der Waals surface area contributed by atoms with Crippen molar-refractivity contribution < 1.29 is 17.6 Å². The Morgan fingerprint density at radius 2 is 1.71 bits per heavy atom. The minimum absolute atomic E-state index is 0.466. The van der Waals surface area contributed by atoms with Crippen LogP contribution in [0, 0.1) is 13.8 Å². The minimum atomic E-state index is -4.02. The van der Waals surface area contributed by atoms with E-state index in [2.05, 4.69) is 21.2 Å². The maximum absolute atomic E-state index is 12.8. The van der Waals surface area contributed by atoms with Gasteiger partial charge in [0.25, 0.3) is 0 Å². The second-order valence-electron chi connectivity index (χ2n) is 3.83. The summed E-state index contributed by atoms with van der Waals surface area (Å²) in [6.07, 6.45) is -3.66. The molecule has 1 aromatic rings. The molecule has 0 aliphatic heterocycles. The molecule has 0 heterocycles.